The van der Waals surface area contributed by atoms with E-state index in [1.165, 1.54) is 4.90 Å². The van der Waals surface area contributed by atoms with Gasteiger partial charge in [-0.15, -0.1) is 0 Å². The van der Waals surface area contributed by atoms with Crippen LogP contribution in [-0.2, 0) is 14.3 Å². The fourth-order valence-electron chi connectivity index (χ4n) is 4.10. The molecule has 1 aliphatic rings. The molecule has 182 valence electrons. The Labute approximate surface area is 204 Å². The first kappa shape index (κ1) is 24.3. The second-order valence-corrected chi connectivity index (χ2v) is 9.32. The van der Waals surface area contributed by atoms with Crippen LogP contribution in [0, 0.1) is 5.41 Å². The highest BCUT2D eigenvalue weighted by Crippen LogP contribution is 2.46. The highest BCUT2D eigenvalue weighted by atomic mass is 16.5. The number of Topliss-reactive ketones (excluding diaryl/α,β-unsaturated/α-hetero) is 1. The summed E-state index contributed by atoms with van der Waals surface area (Å²) in [6, 6.07) is 17.2. The zero-order valence-corrected chi connectivity index (χ0v) is 20.3. The molecule has 2 heterocycles. The Hall–Kier alpha value is -3.84. The number of ether oxygens (including phenoxy) is 2. The lowest BCUT2D eigenvalue weighted by molar-refractivity contribution is -0.123. The number of methoxy groups -OCH3 is 1. The van der Waals surface area contributed by atoms with E-state index in [0.29, 0.717) is 36.0 Å². The smallest absolute Gasteiger partial charge is 0.294 e. The molecule has 7 nitrogen and oxygen atoms in total. The Kier molecular flexibility index (Phi) is 6.80. The zero-order chi connectivity index (χ0) is 25.2. The Morgan fingerprint density at radius 2 is 1.74 bits per heavy atom. The molecule has 0 radical (unpaired) electrons. The number of carbonyl (C=O) groups is 2. The summed E-state index contributed by atoms with van der Waals surface area (Å²) in [5.41, 5.74) is 1.22. The van der Waals surface area contributed by atoms with Gasteiger partial charge in [0.2, 0.25) is 0 Å². The molecule has 2 aromatic carbocycles. The van der Waals surface area contributed by atoms with Crippen molar-refractivity contribution < 1.29 is 28.6 Å². The number of para-hydroxylation sites is 1. The fourth-order valence-corrected chi connectivity index (χ4v) is 4.10. The van der Waals surface area contributed by atoms with E-state index in [1.807, 2.05) is 30.3 Å². The average Bonchev–Trinajstić information content (AvgIpc) is 3.46. The SMILES string of the molecule is COCCOc1ccccc1C1C(C(=O)C(C)(C)C)=C(O)C(=O)N1c1ccc(-c2ccco2)cc1. The van der Waals surface area contributed by atoms with E-state index < -0.39 is 23.1 Å². The number of carbonyl (C=O) groups excluding carboxylic acids is 2. The molecular weight excluding hydrogens is 446 g/mol. The topological polar surface area (TPSA) is 89.2 Å². The Morgan fingerprint density at radius 1 is 1.03 bits per heavy atom. The number of hydrogen-bond acceptors (Lipinski definition) is 6. The monoisotopic (exact) mass is 475 g/mol. The van der Waals surface area contributed by atoms with Gasteiger partial charge in [0.15, 0.2) is 11.5 Å². The second kappa shape index (κ2) is 9.80. The maximum atomic E-state index is 13.5. The number of amides is 1. The molecule has 1 atom stereocenters. The summed E-state index contributed by atoms with van der Waals surface area (Å²) in [5.74, 6) is -0.290. The number of benzene rings is 2. The number of rotatable bonds is 8. The summed E-state index contributed by atoms with van der Waals surface area (Å²) in [5, 5.41) is 11.0. The lowest BCUT2D eigenvalue weighted by atomic mass is 9.82. The van der Waals surface area contributed by atoms with Crippen molar-refractivity contribution in [3.05, 3.63) is 83.8 Å². The van der Waals surface area contributed by atoms with Gasteiger partial charge in [0.25, 0.3) is 5.91 Å². The van der Waals surface area contributed by atoms with Crippen molar-refractivity contribution >= 4 is 17.4 Å². The maximum absolute atomic E-state index is 13.5. The number of ketones is 1. The van der Waals surface area contributed by atoms with Crippen LogP contribution in [0.1, 0.15) is 32.4 Å². The van der Waals surface area contributed by atoms with Crippen LogP contribution in [0.3, 0.4) is 0 Å². The molecule has 1 aliphatic heterocycles. The summed E-state index contributed by atoms with van der Waals surface area (Å²) in [6.45, 7) is 5.96. The number of hydrogen-bond donors (Lipinski definition) is 1. The average molecular weight is 476 g/mol. The predicted octanol–water partition coefficient (Wildman–Crippen LogP) is 5.49. The molecule has 0 saturated carbocycles. The highest BCUT2D eigenvalue weighted by Gasteiger charge is 2.47. The van der Waals surface area contributed by atoms with E-state index in [-0.39, 0.29) is 11.4 Å². The predicted molar refractivity (Wildman–Crippen MR) is 132 cm³/mol. The van der Waals surface area contributed by atoms with Crippen molar-refractivity contribution in [2.24, 2.45) is 5.41 Å². The van der Waals surface area contributed by atoms with Crippen LogP contribution >= 0.6 is 0 Å². The first-order chi connectivity index (χ1) is 16.7. The van der Waals surface area contributed by atoms with E-state index in [9.17, 15) is 14.7 Å². The van der Waals surface area contributed by atoms with E-state index in [1.54, 1.807) is 64.5 Å². The third-order valence-corrected chi connectivity index (χ3v) is 5.84. The van der Waals surface area contributed by atoms with Gasteiger partial charge in [0, 0.05) is 29.3 Å². The minimum Gasteiger partial charge on any atom is -0.503 e. The summed E-state index contributed by atoms with van der Waals surface area (Å²) < 4.78 is 16.5. The van der Waals surface area contributed by atoms with Crippen LogP contribution in [0.4, 0.5) is 5.69 Å². The molecule has 0 aliphatic carbocycles. The van der Waals surface area contributed by atoms with Crippen LogP contribution in [-0.4, -0.2) is 37.1 Å². The summed E-state index contributed by atoms with van der Waals surface area (Å²) in [4.78, 5) is 28.3. The van der Waals surface area contributed by atoms with Crippen molar-refractivity contribution in [1.82, 2.24) is 0 Å². The van der Waals surface area contributed by atoms with Crippen molar-refractivity contribution in [3.8, 4) is 17.1 Å². The number of aliphatic hydroxyl groups excluding tert-OH is 1. The van der Waals surface area contributed by atoms with Gasteiger partial charge in [-0.25, -0.2) is 0 Å². The second-order valence-electron chi connectivity index (χ2n) is 9.32. The van der Waals surface area contributed by atoms with Gasteiger partial charge in [0.1, 0.15) is 18.1 Å². The molecule has 0 saturated heterocycles. The number of anilines is 1. The first-order valence-corrected chi connectivity index (χ1v) is 11.4. The third kappa shape index (κ3) is 4.72. The van der Waals surface area contributed by atoms with Gasteiger partial charge in [-0.05, 0) is 42.5 Å². The van der Waals surface area contributed by atoms with E-state index >= 15 is 0 Å². The van der Waals surface area contributed by atoms with Crippen molar-refractivity contribution in [2.75, 3.05) is 25.2 Å². The van der Waals surface area contributed by atoms with Gasteiger partial charge in [-0.1, -0.05) is 39.0 Å². The molecule has 1 unspecified atom stereocenters. The number of furan rings is 1. The minimum atomic E-state index is -0.859. The Bertz CT molecular complexity index is 1240. The third-order valence-electron chi connectivity index (χ3n) is 5.84. The zero-order valence-electron chi connectivity index (χ0n) is 20.3. The van der Waals surface area contributed by atoms with Crippen molar-refractivity contribution in [2.45, 2.75) is 26.8 Å². The number of aliphatic hydroxyl groups is 1. The van der Waals surface area contributed by atoms with E-state index in [4.69, 9.17) is 13.9 Å². The van der Waals surface area contributed by atoms with Crippen molar-refractivity contribution in [1.29, 1.82) is 0 Å². The lowest BCUT2D eigenvalue weighted by Crippen LogP contribution is -2.33. The molecular formula is C28H29NO6. The van der Waals surface area contributed by atoms with Gasteiger partial charge >= 0.3 is 0 Å². The fraction of sp³-hybridized carbons (Fsp3) is 0.286. The van der Waals surface area contributed by atoms with Gasteiger partial charge in [-0.3, -0.25) is 14.5 Å². The van der Waals surface area contributed by atoms with Crippen LogP contribution < -0.4 is 9.64 Å². The molecule has 1 N–H and O–H groups in total. The molecule has 0 spiro atoms. The number of nitrogens with zero attached hydrogens (tertiary/aromatic N) is 1. The van der Waals surface area contributed by atoms with Crippen LogP contribution in [0.15, 0.2) is 82.7 Å². The molecule has 4 rings (SSSR count). The standard InChI is InChI=1S/C28H29NO6/c1-28(2,3)26(31)23-24(20-8-5-6-9-22(20)35-17-16-33-4)29(27(32)25(23)30)19-13-11-18(12-14-19)21-10-7-15-34-21/h5-15,24,30H,16-17H2,1-4H3. The Balaban J connectivity index is 1.82. The largest absolute Gasteiger partial charge is 0.503 e. The Morgan fingerprint density at radius 3 is 2.37 bits per heavy atom. The van der Waals surface area contributed by atoms with Crippen LogP contribution in [0.25, 0.3) is 11.3 Å². The lowest BCUT2D eigenvalue weighted by Gasteiger charge is -2.30. The van der Waals surface area contributed by atoms with E-state index in [2.05, 4.69) is 0 Å². The van der Waals surface area contributed by atoms with Gasteiger partial charge < -0.3 is 19.0 Å². The summed E-state index contributed by atoms with van der Waals surface area (Å²) in [7, 11) is 1.58. The van der Waals surface area contributed by atoms with Gasteiger partial charge in [0.05, 0.1) is 24.5 Å². The quantitative estimate of drug-likeness (QED) is 0.434. The molecule has 1 amide bonds. The molecule has 0 bridgehead atoms. The van der Waals surface area contributed by atoms with E-state index in [0.717, 1.165) is 5.56 Å². The van der Waals surface area contributed by atoms with Crippen LogP contribution in [0.2, 0.25) is 0 Å². The molecule has 0 fully saturated rings. The summed E-state index contributed by atoms with van der Waals surface area (Å²) in [6.07, 6.45) is 1.59. The molecule has 7 heteroatoms. The normalized spacial score (nSPS) is 16.2. The molecule has 35 heavy (non-hydrogen) atoms. The highest BCUT2D eigenvalue weighted by molar-refractivity contribution is 6.17. The maximum Gasteiger partial charge on any atom is 0.294 e. The van der Waals surface area contributed by atoms with Crippen molar-refractivity contribution in [3.63, 3.8) is 0 Å². The van der Waals surface area contributed by atoms with Gasteiger partial charge in [-0.2, -0.15) is 0 Å². The molecule has 1 aromatic heterocycles. The molecule has 3 aromatic rings. The summed E-state index contributed by atoms with van der Waals surface area (Å²) >= 11 is 0. The first-order valence-electron chi connectivity index (χ1n) is 11.4. The minimum absolute atomic E-state index is 0.0559. The van der Waals surface area contributed by atoms with Crippen LogP contribution in [0.5, 0.6) is 5.75 Å².